The molecule has 3 heteroatoms. The van der Waals surface area contributed by atoms with Crippen molar-refractivity contribution in [1.29, 1.82) is 0 Å². The first-order valence-corrected chi connectivity index (χ1v) is 6.34. The molecule has 0 aliphatic carbocycles. The Balaban J connectivity index is 2.53. The summed E-state index contributed by atoms with van der Waals surface area (Å²) in [5.74, 6) is 0.470. The molecule has 1 N–H and O–H groups in total. The molecule has 0 bridgehead atoms. The maximum absolute atomic E-state index is 12.1. The van der Waals surface area contributed by atoms with Gasteiger partial charge in [-0.25, -0.2) is 0 Å². The Kier molecular flexibility index (Phi) is 3.41. The molecule has 0 fully saturated rings. The Morgan fingerprint density at radius 1 is 1.22 bits per heavy atom. The largest absolute Gasteiger partial charge is 0.295 e. The maximum atomic E-state index is 12.1. The van der Waals surface area contributed by atoms with E-state index in [1.807, 2.05) is 0 Å². The predicted molar refractivity (Wildman–Crippen MR) is 74.7 cm³/mol. The topological polar surface area (TPSA) is 37.8 Å². The molecule has 0 saturated heterocycles. The standard InChI is InChI=1S/C15H20N2O/c1-10(2)9-13-14(16-17(4)15(13)18)12-7-5-11(3)6-8-12/h5-8,10,16H,9H2,1-4H3. The van der Waals surface area contributed by atoms with Crippen molar-refractivity contribution in [3.63, 3.8) is 0 Å². The lowest BCUT2D eigenvalue weighted by Crippen LogP contribution is -2.16. The van der Waals surface area contributed by atoms with Gasteiger partial charge in [-0.2, -0.15) is 0 Å². The fourth-order valence-electron chi connectivity index (χ4n) is 2.15. The number of aromatic amines is 1. The number of nitrogens with one attached hydrogen (secondary N) is 1. The summed E-state index contributed by atoms with van der Waals surface area (Å²) in [5, 5.41) is 3.16. The molecule has 0 atom stereocenters. The number of hydrogen-bond acceptors (Lipinski definition) is 1. The maximum Gasteiger partial charge on any atom is 0.270 e. The second kappa shape index (κ2) is 4.84. The van der Waals surface area contributed by atoms with Gasteiger partial charge >= 0.3 is 0 Å². The van der Waals surface area contributed by atoms with Crippen molar-refractivity contribution < 1.29 is 0 Å². The average molecular weight is 244 g/mol. The smallest absolute Gasteiger partial charge is 0.270 e. The van der Waals surface area contributed by atoms with E-state index in [4.69, 9.17) is 0 Å². The highest BCUT2D eigenvalue weighted by Gasteiger charge is 2.14. The number of rotatable bonds is 3. The molecule has 1 aromatic carbocycles. The van der Waals surface area contributed by atoms with Crippen LogP contribution >= 0.6 is 0 Å². The van der Waals surface area contributed by atoms with Crippen molar-refractivity contribution in [3.05, 3.63) is 45.7 Å². The molecular weight excluding hydrogens is 224 g/mol. The predicted octanol–water partition coefficient (Wildman–Crippen LogP) is 2.89. The van der Waals surface area contributed by atoms with Gasteiger partial charge in [0, 0.05) is 12.6 Å². The zero-order valence-corrected chi connectivity index (χ0v) is 11.4. The molecule has 2 aromatic rings. The normalized spacial score (nSPS) is 11.2. The third kappa shape index (κ3) is 2.40. The van der Waals surface area contributed by atoms with Gasteiger partial charge in [0.1, 0.15) is 0 Å². The first kappa shape index (κ1) is 12.7. The van der Waals surface area contributed by atoms with Gasteiger partial charge in [0.05, 0.1) is 5.69 Å². The van der Waals surface area contributed by atoms with Gasteiger partial charge < -0.3 is 0 Å². The zero-order chi connectivity index (χ0) is 13.3. The molecule has 0 amide bonds. The van der Waals surface area contributed by atoms with Crippen molar-refractivity contribution in [2.45, 2.75) is 27.2 Å². The van der Waals surface area contributed by atoms with E-state index in [1.54, 1.807) is 11.7 Å². The molecule has 96 valence electrons. The van der Waals surface area contributed by atoms with Crippen LogP contribution in [0.15, 0.2) is 29.1 Å². The van der Waals surface area contributed by atoms with E-state index in [9.17, 15) is 4.79 Å². The number of hydrogen-bond donors (Lipinski definition) is 1. The van der Waals surface area contributed by atoms with Crippen LogP contribution in [0.4, 0.5) is 0 Å². The quantitative estimate of drug-likeness (QED) is 0.885. The summed E-state index contributed by atoms with van der Waals surface area (Å²) >= 11 is 0. The minimum absolute atomic E-state index is 0.0827. The molecule has 18 heavy (non-hydrogen) atoms. The summed E-state index contributed by atoms with van der Waals surface area (Å²) in [6.07, 6.45) is 0.805. The highest BCUT2D eigenvalue weighted by molar-refractivity contribution is 5.63. The minimum atomic E-state index is 0.0827. The first-order chi connectivity index (χ1) is 8.49. The van der Waals surface area contributed by atoms with Crippen LogP contribution < -0.4 is 5.56 Å². The zero-order valence-electron chi connectivity index (χ0n) is 11.4. The van der Waals surface area contributed by atoms with E-state index in [0.29, 0.717) is 5.92 Å². The van der Waals surface area contributed by atoms with E-state index in [-0.39, 0.29) is 5.56 Å². The summed E-state index contributed by atoms with van der Waals surface area (Å²) < 4.78 is 1.56. The highest BCUT2D eigenvalue weighted by atomic mass is 16.1. The Hall–Kier alpha value is -1.77. The molecule has 0 aliphatic rings. The van der Waals surface area contributed by atoms with Crippen LogP contribution in [0.1, 0.15) is 25.0 Å². The van der Waals surface area contributed by atoms with Gasteiger partial charge in [-0.05, 0) is 24.8 Å². The number of aryl methyl sites for hydroxylation is 2. The Morgan fingerprint density at radius 2 is 1.83 bits per heavy atom. The number of aromatic nitrogens is 2. The van der Waals surface area contributed by atoms with Crippen LogP contribution in [0.2, 0.25) is 0 Å². The van der Waals surface area contributed by atoms with E-state index >= 15 is 0 Å². The van der Waals surface area contributed by atoms with Crippen molar-refractivity contribution in [3.8, 4) is 11.3 Å². The van der Waals surface area contributed by atoms with E-state index in [2.05, 4.69) is 50.1 Å². The molecule has 0 spiro atoms. The number of benzene rings is 1. The number of nitrogens with zero attached hydrogens (tertiary/aromatic N) is 1. The summed E-state index contributed by atoms with van der Waals surface area (Å²) in [6.45, 7) is 6.32. The minimum Gasteiger partial charge on any atom is -0.295 e. The van der Waals surface area contributed by atoms with E-state index in [1.165, 1.54) is 5.56 Å². The fraction of sp³-hybridized carbons (Fsp3) is 0.400. The van der Waals surface area contributed by atoms with Crippen LogP contribution in [-0.4, -0.2) is 9.78 Å². The van der Waals surface area contributed by atoms with Crippen molar-refractivity contribution in [1.82, 2.24) is 9.78 Å². The van der Waals surface area contributed by atoms with Gasteiger partial charge in [-0.3, -0.25) is 14.6 Å². The lowest BCUT2D eigenvalue weighted by Gasteiger charge is -2.05. The molecule has 2 rings (SSSR count). The molecule has 0 aliphatic heterocycles. The van der Waals surface area contributed by atoms with Crippen LogP contribution in [-0.2, 0) is 13.5 Å². The Labute approximate surface area is 107 Å². The molecule has 1 aromatic heterocycles. The molecule has 0 radical (unpaired) electrons. The van der Waals surface area contributed by atoms with Crippen molar-refractivity contribution in [2.24, 2.45) is 13.0 Å². The van der Waals surface area contributed by atoms with Crippen LogP contribution in [0.5, 0.6) is 0 Å². The third-order valence-electron chi connectivity index (χ3n) is 3.10. The van der Waals surface area contributed by atoms with E-state index < -0.39 is 0 Å². The van der Waals surface area contributed by atoms with Crippen LogP contribution in [0.3, 0.4) is 0 Å². The highest BCUT2D eigenvalue weighted by Crippen LogP contribution is 2.21. The molecule has 3 nitrogen and oxygen atoms in total. The molecule has 0 unspecified atom stereocenters. The second-order valence-corrected chi connectivity index (χ2v) is 5.29. The summed E-state index contributed by atoms with van der Waals surface area (Å²) in [4.78, 5) is 12.1. The first-order valence-electron chi connectivity index (χ1n) is 6.34. The van der Waals surface area contributed by atoms with Gasteiger partial charge in [-0.15, -0.1) is 0 Å². The third-order valence-corrected chi connectivity index (χ3v) is 3.10. The monoisotopic (exact) mass is 244 g/mol. The Morgan fingerprint density at radius 3 is 2.39 bits per heavy atom. The SMILES string of the molecule is Cc1ccc(-c2[nH]n(C)c(=O)c2CC(C)C)cc1. The lowest BCUT2D eigenvalue weighted by molar-refractivity contribution is 0.642. The lowest BCUT2D eigenvalue weighted by atomic mass is 9.99. The van der Waals surface area contributed by atoms with Gasteiger partial charge in [-0.1, -0.05) is 43.7 Å². The van der Waals surface area contributed by atoms with Crippen molar-refractivity contribution >= 4 is 0 Å². The molecule has 1 heterocycles. The van der Waals surface area contributed by atoms with Crippen LogP contribution in [0.25, 0.3) is 11.3 Å². The van der Waals surface area contributed by atoms with E-state index in [0.717, 1.165) is 23.2 Å². The number of H-pyrrole nitrogens is 1. The van der Waals surface area contributed by atoms with Gasteiger partial charge in [0.25, 0.3) is 5.56 Å². The Bertz CT molecular complexity index is 588. The second-order valence-electron chi connectivity index (χ2n) is 5.29. The average Bonchev–Trinajstić information content (AvgIpc) is 2.58. The summed E-state index contributed by atoms with van der Waals surface area (Å²) in [5.41, 5.74) is 4.23. The fourth-order valence-corrected chi connectivity index (χ4v) is 2.15. The van der Waals surface area contributed by atoms with Crippen molar-refractivity contribution in [2.75, 3.05) is 0 Å². The summed E-state index contributed by atoms with van der Waals surface area (Å²) in [7, 11) is 1.77. The van der Waals surface area contributed by atoms with Crippen LogP contribution in [0, 0.1) is 12.8 Å². The van der Waals surface area contributed by atoms with Gasteiger partial charge in [0.2, 0.25) is 0 Å². The summed E-state index contributed by atoms with van der Waals surface area (Å²) in [6, 6.07) is 8.26. The van der Waals surface area contributed by atoms with Gasteiger partial charge in [0.15, 0.2) is 0 Å². The molecule has 0 saturated carbocycles. The molecular formula is C15H20N2O.